The Morgan fingerprint density at radius 1 is 1.35 bits per heavy atom. The van der Waals surface area contributed by atoms with Gasteiger partial charge >= 0.3 is 0 Å². The molecule has 0 amide bonds. The minimum absolute atomic E-state index is 0.259. The molecule has 90 valence electrons. The van der Waals surface area contributed by atoms with Crippen molar-refractivity contribution in [3.8, 4) is 0 Å². The topological polar surface area (TPSA) is 20.2 Å². The third kappa shape index (κ3) is 2.76. The Morgan fingerprint density at radius 3 is 2.65 bits per heavy atom. The first-order valence-electron chi connectivity index (χ1n) is 5.18. The highest BCUT2D eigenvalue weighted by atomic mass is 79.9. The molecule has 0 bridgehead atoms. The summed E-state index contributed by atoms with van der Waals surface area (Å²) < 4.78 is 14.4. The van der Waals surface area contributed by atoms with E-state index in [0.29, 0.717) is 5.56 Å². The van der Waals surface area contributed by atoms with Gasteiger partial charge in [-0.1, -0.05) is 18.2 Å². The molecule has 0 fully saturated rings. The van der Waals surface area contributed by atoms with E-state index in [2.05, 4.69) is 15.9 Å². The van der Waals surface area contributed by atoms with Gasteiger partial charge in [-0.05, 0) is 39.9 Å². The summed E-state index contributed by atoms with van der Waals surface area (Å²) in [4.78, 5) is 0. The molecule has 1 heterocycles. The molecule has 1 atom stereocenters. The van der Waals surface area contributed by atoms with Crippen LogP contribution in [0.5, 0.6) is 0 Å². The summed E-state index contributed by atoms with van der Waals surface area (Å²) in [7, 11) is 0. The average molecular weight is 315 g/mol. The summed E-state index contributed by atoms with van der Waals surface area (Å²) >= 11 is 4.90. The average Bonchev–Trinajstić information content (AvgIpc) is 2.68. The lowest BCUT2D eigenvalue weighted by atomic mass is 9.91. The van der Waals surface area contributed by atoms with E-state index in [1.54, 1.807) is 25.1 Å². The van der Waals surface area contributed by atoms with E-state index >= 15 is 0 Å². The van der Waals surface area contributed by atoms with Gasteiger partial charge < -0.3 is 5.11 Å². The van der Waals surface area contributed by atoms with Crippen LogP contribution in [0.3, 0.4) is 0 Å². The molecule has 1 nitrogen and oxygen atoms in total. The van der Waals surface area contributed by atoms with E-state index in [4.69, 9.17) is 0 Å². The molecule has 0 saturated heterocycles. The predicted molar refractivity (Wildman–Crippen MR) is 71.7 cm³/mol. The Bertz CT molecular complexity index is 522. The summed E-state index contributed by atoms with van der Waals surface area (Å²) in [5.74, 6) is -0.279. The first-order valence-corrected chi connectivity index (χ1v) is 6.92. The molecule has 0 aliphatic rings. The second kappa shape index (κ2) is 4.88. The predicted octanol–water partition coefficient (Wildman–Crippen LogP) is 4.10. The van der Waals surface area contributed by atoms with E-state index in [1.165, 1.54) is 17.4 Å². The van der Waals surface area contributed by atoms with Crippen molar-refractivity contribution in [3.63, 3.8) is 0 Å². The molecule has 0 aliphatic carbocycles. The van der Waals surface area contributed by atoms with Crippen molar-refractivity contribution in [1.29, 1.82) is 0 Å². The van der Waals surface area contributed by atoms with Crippen molar-refractivity contribution in [2.24, 2.45) is 0 Å². The molecular formula is C13H12BrFOS. The zero-order valence-electron chi connectivity index (χ0n) is 9.28. The van der Waals surface area contributed by atoms with Crippen molar-refractivity contribution in [2.45, 2.75) is 18.9 Å². The van der Waals surface area contributed by atoms with E-state index in [1.807, 2.05) is 10.8 Å². The van der Waals surface area contributed by atoms with Crippen LogP contribution in [-0.2, 0) is 12.0 Å². The number of thiophene rings is 1. The van der Waals surface area contributed by atoms with Crippen molar-refractivity contribution >= 4 is 27.3 Å². The highest BCUT2D eigenvalue weighted by molar-refractivity contribution is 9.10. The van der Waals surface area contributed by atoms with Crippen LogP contribution in [0.25, 0.3) is 0 Å². The minimum Gasteiger partial charge on any atom is -0.385 e. The lowest BCUT2D eigenvalue weighted by Gasteiger charge is -2.23. The van der Waals surface area contributed by atoms with Crippen LogP contribution >= 0.6 is 27.3 Å². The maximum absolute atomic E-state index is 13.5. The van der Waals surface area contributed by atoms with E-state index in [-0.39, 0.29) is 12.2 Å². The standard InChI is InChI=1S/C13H12BrFOS/c1-13(16,10-7-17-8-11(10)14)6-9-4-2-3-5-12(9)15/h2-5,7-8,16H,6H2,1H3. The van der Waals surface area contributed by atoms with Gasteiger partial charge in [0.05, 0.1) is 5.60 Å². The highest BCUT2D eigenvalue weighted by Crippen LogP contribution is 2.34. The molecule has 0 aliphatic heterocycles. The number of rotatable bonds is 3. The largest absolute Gasteiger partial charge is 0.385 e. The SMILES string of the molecule is CC(O)(Cc1ccccc1F)c1cscc1Br. The molecule has 0 saturated carbocycles. The van der Waals surface area contributed by atoms with Gasteiger partial charge in [-0.3, -0.25) is 0 Å². The summed E-state index contributed by atoms with van der Waals surface area (Å²) in [5.41, 5.74) is 0.252. The van der Waals surface area contributed by atoms with Gasteiger partial charge in [-0.15, -0.1) is 0 Å². The summed E-state index contributed by atoms with van der Waals surface area (Å²) in [6, 6.07) is 6.53. The molecule has 1 unspecified atom stereocenters. The first kappa shape index (κ1) is 12.7. The van der Waals surface area contributed by atoms with E-state index in [0.717, 1.165) is 10.0 Å². The number of halogens is 2. The zero-order valence-corrected chi connectivity index (χ0v) is 11.7. The van der Waals surface area contributed by atoms with Crippen molar-refractivity contribution in [1.82, 2.24) is 0 Å². The Hall–Kier alpha value is -0.710. The number of hydrogen-bond acceptors (Lipinski definition) is 2. The molecular weight excluding hydrogens is 303 g/mol. The number of aliphatic hydroxyl groups is 1. The Kier molecular flexibility index (Phi) is 3.66. The van der Waals surface area contributed by atoms with Gasteiger partial charge in [0, 0.05) is 21.8 Å². The zero-order chi connectivity index (χ0) is 12.5. The molecule has 1 aromatic heterocycles. The molecule has 2 rings (SSSR count). The quantitative estimate of drug-likeness (QED) is 0.904. The smallest absolute Gasteiger partial charge is 0.126 e. The van der Waals surface area contributed by atoms with Crippen LogP contribution in [0.1, 0.15) is 18.1 Å². The monoisotopic (exact) mass is 314 g/mol. The van der Waals surface area contributed by atoms with Crippen LogP contribution in [0.2, 0.25) is 0 Å². The lowest BCUT2D eigenvalue weighted by Crippen LogP contribution is -2.24. The first-order chi connectivity index (χ1) is 8.00. The molecule has 0 spiro atoms. The van der Waals surface area contributed by atoms with Crippen LogP contribution in [-0.4, -0.2) is 5.11 Å². The Labute approximate surface area is 112 Å². The molecule has 1 N–H and O–H groups in total. The summed E-state index contributed by atoms with van der Waals surface area (Å²) in [6.45, 7) is 1.70. The molecule has 0 radical (unpaired) electrons. The number of hydrogen-bond donors (Lipinski definition) is 1. The van der Waals surface area contributed by atoms with Gasteiger partial charge in [-0.25, -0.2) is 4.39 Å². The molecule has 4 heteroatoms. The van der Waals surface area contributed by atoms with Crippen LogP contribution in [0, 0.1) is 5.82 Å². The third-order valence-corrected chi connectivity index (χ3v) is 4.39. The highest BCUT2D eigenvalue weighted by Gasteiger charge is 2.27. The van der Waals surface area contributed by atoms with Crippen molar-refractivity contribution < 1.29 is 9.50 Å². The van der Waals surface area contributed by atoms with Gasteiger partial charge in [0.1, 0.15) is 5.82 Å². The summed E-state index contributed by atoms with van der Waals surface area (Å²) in [6.07, 6.45) is 0.259. The fraction of sp³-hybridized carbons (Fsp3) is 0.231. The third-order valence-electron chi connectivity index (χ3n) is 2.69. The summed E-state index contributed by atoms with van der Waals surface area (Å²) in [5, 5.41) is 14.2. The van der Waals surface area contributed by atoms with Crippen LogP contribution < -0.4 is 0 Å². The van der Waals surface area contributed by atoms with Gasteiger partial charge in [0.25, 0.3) is 0 Å². The minimum atomic E-state index is -1.07. The fourth-order valence-corrected chi connectivity index (χ4v) is 3.62. The van der Waals surface area contributed by atoms with Crippen LogP contribution in [0.4, 0.5) is 4.39 Å². The van der Waals surface area contributed by atoms with Gasteiger partial charge in [0.2, 0.25) is 0 Å². The second-order valence-corrected chi connectivity index (χ2v) is 5.77. The van der Waals surface area contributed by atoms with Crippen molar-refractivity contribution in [3.05, 3.63) is 56.4 Å². The maximum atomic E-state index is 13.5. The number of benzene rings is 1. The molecule has 2 aromatic rings. The molecule has 17 heavy (non-hydrogen) atoms. The Morgan fingerprint density at radius 2 is 2.06 bits per heavy atom. The molecule has 1 aromatic carbocycles. The van der Waals surface area contributed by atoms with Crippen LogP contribution in [0.15, 0.2) is 39.5 Å². The second-order valence-electron chi connectivity index (χ2n) is 4.18. The Balaban J connectivity index is 2.30. The van der Waals surface area contributed by atoms with Gasteiger partial charge in [0.15, 0.2) is 0 Å². The van der Waals surface area contributed by atoms with E-state index in [9.17, 15) is 9.50 Å². The fourth-order valence-electron chi connectivity index (χ4n) is 1.77. The normalized spacial score (nSPS) is 14.6. The van der Waals surface area contributed by atoms with Gasteiger partial charge in [-0.2, -0.15) is 11.3 Å². The maximum Gasteiger partial charge on any atom is 0.126 e. The van der Waals surface area contributed by atoms with Crippen molar-refractivity contribution in [2.75, 3.05) is 0 Å². The van der Waals surface area contributed by atoms with E-state index < -0.39 is 5.60 Å². The lowest BCUT2D eigenvalue weighted by molar-refractivity contribution is 0.0564.